The number of ether oxygens (including phenoxy) is 1. The summed E-state index contributed by atoms with van der Waals surface area (Å²) in [4.78, 5) is 24.0. The summed E-state index contributed by atoms with van der Waals surface area (Å²) in [6.07, 6.45) is 0. The number of rotatable bonds is 4. The second-order valence-corrected chi connectivity index (χ2v) is 4.51. The second kappa shape index (κ2) is 5.90. The van der Waals surface area contributed by atoms with E-state index in [4.69, 9.17) is 27.9 Å². The van der Waals surface area contributed by atoms with E-state index in [0.29, 0.717) is 0 Å². The van der Waals surface area contributed by atoms with Crippen LogP contribution in [0.15, 0.2) is 30.3 Å². The molecule has 0 amide bonds. The van der Waals surface area contributed by atoms with Crippen molar-refractivity contribution < 1.29 is 14.6 Å². The average Bonchev–Trinajstić information content (AvgIpc) is 2.38. The fraction of sp³-hybridized carbons (Fsp3) is 0. The first-order valence-corrected chi connectivity index (χ1v) is 6.07. The molecule has 0 aliphatic heterocycles. The number of pyridine rings is 1. The highest BCUT2D eigenvalue weighted by atomic mass is 35.5. The number of hydrogen-bond acceptors (Lipinski definition) is 6. The molecule has 0 spiro atoms. The van der Waals surface area contributed by atoms with E-state index < -0.39 is 27.1 Å². The minimum atomic E-state index is -0.741. The van der Waals surface area contributed by atoms with Crippen LogP contribution in [-0.2, 0) is 0 Å². The number of halogens is 2. The molecule has 0 saturated carbocycles. The molecule has 1 heterocycles. The van der Waals surface area contributed by atoms with E-state index in [1.165, 1.54) is 12.1 Å². The molecule has 1 aromatic carbocycles. The molecular formula is C11H5Cl2N3O5. The summed E-state index contributed by atoms with van der Waals surface area (Å²) in [5.41, 5.74) is -0.885. The van der Waals surface area contributed by atoms with Gasteiger partial charge in [-0.25, -0.2) is 0 Å². The third-order valence-corrected chi connectivity index (χ3v) is 2.77. The van der Waals surface area contributed by atoms with E-state index in [-0.39, 0.29) is 15.9 Å². The highest BCUT2D eigenvalue weighted by molar-refractivity contribution is 6.30. The van der Waals surface area contributed by atoms with Gasteiger partial charge in [0.1, 0.15) is 5.15 Å². The average molecular weight is 330 g/mol. The molecule has 0 fully saturated rings. The quantitative estimate of drug-likeness (QED) is 0.476. The maximum atomic E-state index is 10.9. The summed E-state index contributed by atoms with van der Waals surface area (Å²) in [5.74, 6) is -0.733. The lowest BCUT2D eigenvalue weighted by molar-refractivity contribution is -0.387. The molecule has 2 rings (SSSR count). The summed E-state index contributed by atoms with van der Waals surface area (Å²) < 4.78 is 5.16. The molecule has 8 nitrogen and oxygen atoms in total. The third-order valence-electron chi connectivity index (χ3n) is 2.33. The second-order valence-electron chi connectivity index (χ2n) is 3.69. The van der Waals surface area contributed by atoms with Crippen molar-refractivity contribution in [2.75, 3.05) is 0 Å². The summed E-state index contributed by atoms with van der Waals surface area (Å²) in [7, 11) is 0. The van der Waals surface area contributed by atoms with Crippen LogP contribution in [0.5, 0.6) is 11.6 Å². The molecular weight excluding hydrogens is 325 g/mol. The minimum Gasteiger partial charge on any atom is -0.426 e. The Hall–Kier alpha value is -2.45. The van der Waals surface area contributed by atoms with Crippen LogP contribution in [0.4, 0.5) is 11.4 Å². The number of nitro groups is 2. The van der Waals surface area contributed by atoms with Gasteiger partial charge in [0.2, 0.25) is 5.75 Å². The first-order valence-electron chi connectivity index (χ1n) is 5.31. The van der Waals surface area contributed by atoms with Crippen LogP contribution < -0.4 is 4.74 Å². The Kier molecular flexibility index (Phi) is 4.20. The fourth-order valence-electron chi connectivity index (χ4n) is 1.45. The summed E-state index contributed by atoms with van der Waals surface area (Å²) in [6, 6.07) is 5.87. The van der Waals surface area contributed by atoms with Crippen molar-refractivity contribution in [1.82, 2.24) is 4.98 Å². The van der Waals surface area contributed by atoms with Crippen LogP contribution in [0.1, 0.15) is 0 Å². The van der Waals surface area contributed by atoms with Gasteiger partial charge in [-0.15, -0.1) is 0 Å². The zero-order chi connectivity index (χ0) is 15.6. The lowest BCUT2D eigenvalue weighted by atomic mass is 10.3. The number of aromatic nitrogens is 1. The van der Waals surface area contributed by atoms with Crippen LogP contribution in [0, 0.1) is 20.2 Å². The van der Waals surface area contributed by atoms with Gasteiger partial charge in [-0.2, -0.15) is 4.98 Å². The van der Waals surface area contributed by atoms with Gasteiger partial charge >= 0.3 is 17.3 Å². The Labute approximate surface area is 127 Å². The maximum Gasteiger partial charge on any atom is 0.331 e. The van der Waals surface area contributed by atoms with Gasteiger partial charge in [-0.1, -0.05) is 23.2 Å². The van der Waals surface area contributed by atoms with Gasteiger partial charge in [0.25, 0.3) is 0 Å². The van der Waals surface area contributed by atoms with Crippen molar-refractivity contribution in [3.63, 3.8) is 0 Å². The first-order chi connectivity index (χ1) is 9.88. The van der Waals surface area contributed by atoms with Gasteiger partial charge in [0.05, 0.1) is 9.85 Å². The van der Waals surface area contributed by atoms with Crippen molar-refractivity contribution in [2.24, 2.45) is 0 Å². The molecule has 0 radical (unpaired) electrons. The van der Waals surface area contributed by atoms with Gasteiger partial charge in [-0.05, 0) is 12.1 Å². The van der Waals surface area contributed by atoms with Crippen molar-refractivity contribution in [3.05, 3.63) is 60.7 Å². The highest BCUT2D eigenvalue weighted by Gasteiger charge is 2.23. The van der Waals surface area contributed by atoms with E-state index in [1.54, 1.807) is 0 Å². The number of hydrogen-bond donors (Lipinski definition) is 0. The Morgan fingerprint density at radius 3 is 2.24 bits per heavy atom. The van der Waals surface area contributed by atoms with Crippen LogP contribution in [0.25, 0.3) is 0 Å². The van der Waals surface area contributed by atoms with Gasteiger partial charge in [0, 0.05) is 23.2 Å². The summed E-state index contributed by atoms with van der Waals surface area (Å²) >= 11 is 11.4. The Morgan fingerprint density at radius 2 is 1.62 bits per heavy atom. The van der Waals surface area contributed by atoms with Crippen LogP contribution in [-0.4, -0.2) is 14.8 Å². The molecule has 10 heteroatoms. The van der Waals surface area contributed by atoms with E-state index in [9.17, 15) is 20.2 Å². The monoisotopic (exact) mass is 329 g/mol. The largest absolute Gasteiger partial charge is 0.426 e. The minimum absolute atomic E-state index is 0.0553. The SMILES string of the molecule is O=[N+]([O-])c1ccc(Cl)cc1Oc1nc(Cl)ccc1[N+](=O)[O-]. The molecule has 1 aromatic heterocycles. The lowest BCUT2D eigenvalue weighted by Crippen LogP contribution is -1.98. The fourth-order valence-corrected chi connectivity index (χ4v) is 1.75. The zero-order valence-corrected chi connectivity index (χ0v) is 11.5. The Morgan fingerprint density at radius 1 is 1.00 bits per heavy atom. The zero-order valence-electron chi connectivity index (χ0n) is 10.0. The standard InChI is InChI=1S/C11H5Cl2N3O5/c12-6-1-2-7(15(17)18)9(5-6)21-11-8(16(19)20)3-4-10(13)14-11/h1-5H. The third kappa shape index (κ3) is 3.36. The molecule has 0 saturated heterocycles. The van der Waals surface area contributed by atoms with E-state index in [2.05, 4.69) is 4.98 Å². The van der Waals surface area contributed by atoms with E-state index in [1.807, 2.05) is 0 Å². The molecule has 0 unspecified atom stereocenters. The predicted octanol–water partition coefficient (Wildman–Crippen LogP) is 4.00. The Bertz CT molecular complexity index is 676. The van der Waals surface area contributed by atoms with Crippen LogP contribution in [0.3, 0.4) is 0 Å². The van der Waals surface area contributed by atoms with Gasteiger partial charge < -0.3 is 4.74 Å². The van der Waals surface area contributed by atoms with Crippen molar-refractivity contribution in [2.45, 2.75) is 0 Å². The maximum absolute atomic E-state index is 10.9. The molecule has 2 aromatic rings. The van der Waals surface area contributed by atoms with Gasteiger partial charge in [0.15, 0.2) is 0 Å². The lowest BCUT2D eigenvalue weighted by Gasteiger charge is -2.06. The van der Waals surface area contributed by atoms with Crippen LogP contribution in [0.2, 0.25) is 10.2 Å². The number of nitrogens with zero attached hydrogens (tertiary/aromatic N) is 3. The number of nitro benzene ring substituents is 1. The van der Waals surface area contributed by atoms with Crippen LogP contribution >= 0.6 is 23.2 Å². The molecule has 0 N–H and O–H groups in total. The first kappa shape index (κ1) is 14.9. The molecule has 21 heavy (non-hydrogen) atoms. The topological polar surface area (TPSA) is 108 Å². The van der Waals surface area contributed by atoms with Crippen molar-refractivity contribution in [1.29, 1.82) is 0 Å². The summed E-state index contributed by atoms with van der Waals surface area (Å²) in [5, 5.41) is 21.9. The molecule has 108 valence electrons. The van der Waals surface area contributed by atoms with E-state index >= 15 is 0 Å². The predicted molar refractivity (Wildman–Crippen MR) is 74.1 cm³/mol. The molecule has 0 aliphatic rings. The number of benzene rings is 1. The summed E-state index contributed by atoms with van der Waals surface area (Å²) in [6.45, 7) is 0. The normalized spacial score (nSPS) is 10.2. The smallest absolute Gasteiger partial charge is 0.331 e. The molecule has 0 aliphatic carbocycles. The van der Waals surface area contributed by atoms with Crippen molar-refractivity contribution in [3.8, 4) is 11.6 Å². The Balaban J connectivity index is 2.52. The molecule has 0 bridgehead atoms. The van der Waals surface area contributed by atoms with E-state index in [0.717, 1.165) is 18.2 Å². The van der Waals surface area contributed by atoms with Crippen molar-refractivity contribution >= 4 is 34.6 Å². The highest BCUT2D eigenvalue weighted by Crippen LogP contribution is 2.36. The van der Waals surface area contributed by atoms with Gasteiger partial charge in [-0.3, -0.25) is 20.2 Å². The molecule has 0 atom stereocenters.